The van der Waals surface area contributed by atoms with Crippen molar-refractivity contribution < 1.29 is 22.7 Å². The van der Waals surface area contributed by atoms with Gasteiger partial charge in [-0.25, -0.2) is 8.42 Å². The molecular formula is C17H15NO5S. The first-order valence-electron chi connectivity index (χ1n) is 7.60. The van der Waals surface area contributed by atoms with Crippen molar-refractivity contribution >= 4 is 21.6 Å². The van der Waals surface area contributed by atoms with E-state index in [0.29, 0.717) is 25.2 Å². The molecule has 1 amide bonds. The van der Waals surface area contributed by atoms with E-state index in [9.17, 15) is 13.2 Å². The molecule has 0 saturated carbocycles. The van der Waals surface area contributed by atoms with E-state index in [1.54, 1.807) is 42.5 Å². The second-order valence-corrected chi connectivity index (χ2v) is 7.36. The van der Waals surface area contributed by atoms with E-state index in [1.807, 2.05) is 0 Å². The van der Waals surface area contributed by atoms with Crippen molar-refractivity contribution in [2.24, 2.45) is 0 Å². The molecule has 0 aliphatic carbocycles. The van der Waals surface area contributed by atoms with E-state index in [-0.39, 0.29) is 10.6 Å². The molecule has 24 heavy (non-hydrogen) atoms. The average molecular weight is 345 g/mol. The Bertz CT molecular complexity index is 888. The van der Waals surface area contributed by atoms with E-state index in [2.05, 4.69) is 0 Å². The van der Waals surface area contributed by atoms with Crippen molar-refractivity contribution in [1.82, 2.24) is 0 Å². The number of rotatable bonds is 2. The molecule has 0 radical (unpaired) electrons. The van der Waals surface area contributed by atoms with Gasteiger partial charge in [0.15, 0.2) is 0 Å². The molecule has 2 heterocycles. The number of nitrogens with zero attached hydrogens (tertiary/aromatic N) is 1. The van der Waals surface area contributed by atoms with Gasteiger partial charge < -0.3 is 9.47 Å². The number of carbonyl (C=O) groups excluding carboxylic acids is 1. The van der Waals surface area contributed by atoms with Gasteiger partial charge in [0.05, 0.1) is 23.8 Å². The summed E-state index contributed by atoms with van der Waals surface area (Å²) in [6, 6.07) is 14.5. The Morgan fingerprint density at radius 3 is 2.25 bits per heavy atom. The van der Waals surface area contributed by atoms with Crippen LogP contribution in [0.2, 0.25) is 0 Å². The Kier molecular flexibility index (Phi) is 3.45. The minimum Gasteiger partial charge on any atom is -0.338 e. The number of fused-ring (bicyclic) bond motifs is 2. The third-order valence-electron chi connectivity index (χ3n) is 4.12. The van der Waals surface area contributed by atoms with E-state index in [4.69, 9.17) is 9.47 Å². The van der Waals surface area contributed by atoms with Crippen LogP contribution >= 0.6 is 0 Å². The van der Waals surface area contributed by atoms with Crippen LogP contribution in [0.4, 0.5) is 5.69 Å². The van der Waals surface area contributed by atoms with Crippen molar-refractivity contribution in [3.63, 3.8) is 0 Å². The van der Waals surface area contributed by atoms with Crippen LogP contribution in [0.1, 0.15) is 12.0 Å². The van der Waals surface area contributed by atoms with Gasteiger partial charge >= 0.3 is 5.91 Å². The standard InChI is InChI=1S/C17H15NO5S/c19-16-17(22-11-6-12-23-17)14-9-4-5-10-15(14)18(16)24(20,21)13-7-2-1-3-8-13/h1-5,7-10H,6,11-12H2. The Labute approximate surface area is 139 Å². The first kappa shape index (κ1) is 15.3. The van der Waals surface area contributed by atoms with Crippen LogP contribution in [0.3, 0.4) is 0 Å². The fourth-order valence-corrected chi connectivity index (χ4v) is 4.50. The summed E-state index contributed by atoms with van der Waals surface area (Å²) in [6.07, 6.45) is 0.655. The first-order chi connectivity index (χ1) is 11.6. The number of benzene rings is 2. The lowest BCUT2D eigenvalue weighted by molar-refractivity contribution is -0.256. The lowest BCUT2D eigenvalue weighted by Crippen LogP contribution is -2.48. The zero-order chi connectivity index (χ0) is 16.8. The molecule has 0 bridgehead atoms. The van der Waals surface area contributed by atoms with Gasteiger partial charge in [0.25, 0.3) is 15.8 Å². The number of carbonyl (C=O) groups is 1. The van der Waals surface area contributed by atoms with Crippen LogP contribution in [-0.2, 0) is 30.1 Å². The monoisotopic (exact) mass is 345 g/mol. The van der Waals surface area contributed by atoms with Gasteiger partial charge in [-0.2, -0.15) is 4.31 Å². The number of anilines is 1. The average Bonchev–Trinajstić information content (AvgIpc) is 2.86. The number of amides is 1. The maximum Gasteiger partial charge on any atom is 0.306 e. The Morgan fingerprint density at radius 1 is 0.917 bits per heavy atom. The molecule has 1 fully saturated rings. The Hall–Kier alpha value is -2.22. The van der Waals surface area contributed by atoms with Crippen LogP contribution in [0.25, 0.3) is 0 Å². The topological polar surface area (TPSA) is 72.9 Å². The molecule has 0 aromatic heterocycles. The maximum absolute atomic E-state index is 13.1. The molecule has 0 N–H and O–H groups in total. The van der Waals surface area contributed by atoms with Gasteiger partial charge in [-0.3, -0.25) is 4.79 Å². The third kappa shape index (κ3) is 2.02. The summed E-state index contributed by atoms with van der Waals surface area (Å²) in [7, 11) is -4.05. The van der Waals surface area contributed by atoms with Crippen LogP contribution in [0, 0.1) is 0 Å². The summed E-state index contributed by atoms with van der Waals surface area (Å²) in [6.45, 7) is 0.665. The zero-order valence-corrected chi connectivity index (χ0v) is 13.5. The lowest BCUT2D eigenvalue weighted by Gasteiger charge is -2.32. The first-order valence-corrected chi connectivity index (χ1v) is 9.04. The highest BCUT2D eigenvalue weighted by atomic mass is 32.2. The minimum atomic E-state index is -4.05. The minimum absolute atomic E-state index is 0.0426. The van der Waals surface area contributed by atoms with Gasteiger partial charge in [0, 0.05) is 5.56 Å². The molecule has 7 heteroatoms. The normalized spacial score (nSPS) is 19.5. The number of ether oxygens (including phenoxy) is 2. The van der Waals surface area contributed by atoms with Crippen molar-refractivity contribution in [2.45, 2.75) is 17.1 Å². The summed E-state index contributed by atoms with van der Waals surface area (Å²) in [5.74, 6) is -2.40. The van der Waals surface area contributed by atoms with E-state index in [0.717, 1.165) is 4.31 Å². The van der Waals surface area contributed by atoms with Crippen LogP contribution < -0.4 is 4.31 Å². The van der Waals surface area contributed by atoms with Crippen molar-refractivity contribution in [3.8, 4) is 0 Å². The quantitative estimate of drug-likeness (QED) is 0.832. The van der Waals surface area contributed by atoms with Crippen molar-refractivity contribution in [2.75, 3.05) is 17.5 Å². The molecule has 124 valence electrons. The van der Waals surface area contributed by atoms with Crippen LogP contribution in [-0.4, -0.2) is 27.5 Å². The summed E-state index contributed by atoms with van der Waals surface area (Å²) in [5, 5.41) is 0. The molecule has 1 spiro atoms. The van der Waals surface area contributed by atoms with Crippen LogP contribution in [0.5, 0.6) is 0 Å². The fourth-order valence-electron chi connectivity index (χ4n) is 3.04. The number of para-hydroxylation sites is 1. The molecule has 4 rings (SSSR count). The molecule has 2 aliphatic rings. The fraction of sp³-hybridized carbons (Fsp3) is 0.235. The largest absolute Gasteiger partial charge is 0.338 e. The van der Waals surface area contributed by atoms with E-state index in [1.165, 1.54) is 12.1 Å². The van der Waals surface area contributed by atoms with Crippen LogP contribution in [0.15, 0.2) is 59.5 Å². The molecule has 2 aromatic rings. The predicted octanol–water partition coefficient (Wildman–Crippen LogP) is 2.01. The van der Waals surface area contributed by atoms with E-state index < -0.39 is 21.7 Å². The SMILES string of the molecule is O=C1N(S(=O)(=O)c2ccccc2)c2ccccc2C12OCCCO2. The summed E-state index contributed by atoms with van der Waals surface area (Å²) < 4.78 is 38.1. The highest BCUT2D eigenvalue weighted by Crippen LogP contribution is 2.47. The number of hydrogen-bond donors (Lipinski definition) is 0. The van der Waals surface area contributed by atoms with Crippen molar-refractivity contribution in [3.05, 3.63) is 60.2 Å². The third-order valence-corrected chi connectivity index (χ3v) is 5.84. The molecule has 0 atom stereocenters. The lowest BCUT2D eigenvalue weighted by atomic mass is 10.1. The summed E-state index contributed by atoms with van der Waals surface area (Å²) >= 11 is 0. The number of hydrogen-bond acceptors (Lipinski definition) is 5. The molecule has 2 aromatic carbocycles. The van der Waals surface area contributed by atoms with Crippen molar-refractivity contribution in [1.29, 1.82) is 0 Å². The molecule has 6 nitrogen and oxygen atoms in total. The second-order valence-electron chi connectivity index (χ2n) is 5.57. The van der Waals surface area contributed by atoms with Gasteiger partial charge in [-0.15, -0.1) is 0 Å². The summed E-state index contributed by atoms with van der Waals surface area (Å²) in [5.41, 5.74) is 0.697. The van der Waals surface area contributed by atoms with Gasteiger partial charge in [0.2, 0.25) is 0 Å². The zero-order valence-electron chi connectivity index (χ0n) is 12.7. The maximum atomic E-state index is 13.1. The molecule has 1 saturated heterocycles. The highest BCUT2D eigenvalue weighted by molar-refractivity contribution is 7.93. The number of sulfonamides is 1. The smallest absolute Gasteiger partial charge is 0.306 e. The van der Waals surface area contributed by atoms with Gasteiger partial charge in [0.1, 0.15) is 0 Å². The second kappa shape index (κ2) is 5.41. The molecule has 0 unspecified atom stereocenters. The van der Waals surface area contributed by atoms with Gasteiger partial charge in [-0.05, 0) is 24.6 Å². The summed E-state index contributed by atoms with van der Waals surface area (Å²) in [4.78, 5) is 13.1. The molecular weight excluding hydrogens is 330 g/mol. The Balaban J connectivity index is 1.90. The predicted molar refractivity (Wildman–Crippen MR) is 85.8 cm³/mol. The van der Waals surface area contributed by atoms with Gasteiger partial charge in [-0.1, -0.05) is 36.4 Å². The van der Waals surface area contributed by atoms with E-state index >= 15 is 0 Å². The Morgan fingerprint density at radius 2 is 1.54 bits per heavy atom. The molecule has 2 aliphatic heterocycles. The highest BCUT2D eigenvalue weighted by Gasteiger charge is 2.58.